The topological polar surface area (TPSA) is 96.9 Å². The highest BCUT2D eigenvalue weighted by molar-refractivity contribution is 8.18. The number of nitrogens with zero attached hydrogens (tertiary/aromatic N) is 3. The molecule has 2 heterocycles. The zero-order valence-electron chi connectivity index (χ0n) is 20.0. The number of amides is 1. The molecular weight excluding hydrogens is 478 g/mol. The summed E-state index contributed by atoms with van der Waals surface area (Å²) in [5.41, 5.74) is 2.59. The van der Waals surface area contributed by atoms with Crippen LogP contribution in [0.4, 0.5) is 0 Å². The highest BCUT2D eigenvalue weighted by Crippen LogP contribution is 2.37. The Bertz CT molecular complexity index is 1320. The summed E-state index contributed by atoms with van der Waals surface area (Å²) in [4.78, 5) is 15.3. The zero-order valence-corrected chi connectivity index (χ0v) is 20.9. The Hall–Kier alpha value is -4.24. The van der Waals surface area contributed by atoms with Gasteiger partial charge in [0.1, 0.15) is 5.76 Å². The van der Waals surface area contributed by atoms with Crippen molar-refractivity contribution in [1.82, 2.24) is 4.90 Å². The number of allylic oxidation sites excluding steroid dienone is 2. The van der Waals surface area contributed by atoms with Gasteiger partial charge in [0.25, 0.3) is 5.91 Å². The van der Waals surface area contributed by atoms with Gasteiger partial charge in [-0.1, -0.05) is 36.4 Å². The van der Waals surface area contributed by atoms with Crippen molar-refractivity contribution in [2.75, 3.05) is 14.2 Å². The number of phenolic OH excluding ortho intramolecular Hbond substituents is 1. The molecule has 2 aromatic carbocycles. The van der Waals surface area contributed by atoms with E-state index in [4.69, 9.17) is 13.9 Å². The van der Waals surface area contributed by atoms with E-state index in [1.54, 1.807) is 30.5 Å². The minimum absolute atomic E-state index is 0.0984. The number of furan rings is 1. The quantitative estimate of drug-likeness (QED) is 0.249. The number of carbonyl (C=O) groups is 1. The first-order valence-corrected chi connectivity index (χ1v) is 11.8. The van der Waals surface area contributed by atoms with Crippen LogP contribution in [0.25, 0.3) is 6.08 Å². The molecule has 1 aromatic heterocycles. The highest BCUT2D eigenvalue weighted by Gasteiger charge is 2.34. The van der Waals surface area contributed by atoms with Gasteiger partial charge in [0.2, 0.25) is 5.75 Å². The Kier molecular flexibility index (Phi) is 7.92. The third-order valence-corrected chi connectivity index (χ3v) is 6.18. The van der Waals surface area contributed by atoms with Crippen LogP contribution in [0, 0.1) is 0 Å². The number of thioether (sulfide) groups is 1. The van der Waals surface area contributed by atoms with Crippen LogP contribution in [0.5, 0.6) is 17.2 Å². The number of amidine groups is 1. The second-order valence-electron chi connectivity index (χ2n) is 7.78. The molecule has 1 fully saturated rings. The molecule has 4 rings (SSSR count). The minimum Gasteiger partial charge on any atom is -0.502 e. The summed E-state index contributed by atoms with van der Waals surface area (Å²) in [6.07, 6.45) is 6.91. The molecule has 3 aromatic rings. The fraction of sp³-hybridized carbons (Fsp3) is 0.148. The molecule has 8 nitrogen and oxygen atoms in total. The Labute approximate surface area is 213 Å². The van der Waals surface area contributed by atoms with Gasteiger partial charge in [-0.3, -0.25) is 9.69 Å². The summed E-state index contributed by atoms with van der Waals surface area (Å²) in [6.45, 7) is 2.18. The summed E-state index contributed by atoms with van der Waals surface area (Å²) >= 11 is 1.24. The lowest BCUT2D eigenvalue weighted by atomic mass is 10.1. The van der Waals surface area contributed by atoms with Crippen LogP contribution in [0.2, 0.25) is 0 Å². The molecule has 1 aliphatic heterocycles. The standard InChI is InChI=1S/C27H25N3O5S/c1-18(12-19-8-5-4-6-9-19)13-24-26(32)30(17-21-10-7-11-35-21)27(36-24)29-28-16-20-14-22(33-2)25(31)23(15-20)34-3/h4-16,31H,17H2,1-3H3/b18-12+,24-13-,28-16-,29-27+. The molecule has 0 radical (unpaired) electrons. The van der Waals surface area contributed by atoms with E-state index < -0.39 is 0 Å². The number of methoxy groups -OCH3 is 2. The van der Waals surface area contributed by atoms with Crippen molar-refractivity contribution in [1.29, 1.82) is 0 Å². The molecule has 0 unspecified atom stereocenters. The van der Waals surface area contributed by atoms with Crippen molar-refractivity contribution in [3.63, 3.8) is 0 Å². The smallest absolute Gasteiger partial charge is 0.267 e. The highest BCUT2D eigenvalue weighted by atomic mass is 32.2. The lowest BCUT2D eigenvalue weighted by molar-refractivity contribution is -0.122. The molecule has 0 spiro atoms. The van der Waals surface area contributed by atoms with E-state index in [2.05, 4.69) is 10.2 Å². The molecule has 0 aliphatic carbocycles. The van der Waals surface area contributed by atoms with E-state index >= 15 is 0 Å². The largest absolute Gasteiger partial charge is 0.502 e. The van der Waals surface area contributed by atoms with Crippen LogP contribution in [0.1, 0.15) is 23.8 Å². The van der Waals surface area contributed by atoms with E-state index in [0.717, 1.165) is 11.1 Å². The maximum Gasteiger partial charge on any atom is 0.267 e. The van der Waals surface area contributed by atoms with E-state index in [1.807, 2.05) is 49.4 Å². The Morgan fingerprint density at radius 2 is 1.81 bits per heavy atom. The molecule has 1 amide bonds. The second kappa shape index (κ2) is 11.5. The molecule has 36 heavy (non-hydrogen) atoms. The Balaban J connectivity index is 1.62. The zero-order chi connectivity index (χ0) is 25.5. The van der Waals surface area contributed by atoms with E-state index in [-0.39, 0.29) is 29.7 Å². The summed E-state index contributed by atoms with van der Waals surface area (Å²) in [5, 5.41) is 19.0. The summed E-state index contributed by atoms with van der Waals surface area (Å²) in [7, 11) is 2.90. The number of rotatable bonds is 8. The van der Waals surface area contributed by atoms with Crippen molar-refractivity contribution in [2.45, 2.75) is 13.5 Å². The van der Waals surface area contributed by atoms with Crippen LogP contribution < -0.4 is 9.47 Å². The molecule has 0 bridgehead atoms. The Morgan fingerprint density at radius 3 is 2.44 bits per heavy atom. The van der Waals surface area contributed by atoms with Gasteiger partial charge in [-0.05, 0) is 60.2 Å². The fourth-order valence-corrected chi connectivity index (χ4v) is 4.46. The van der Waals surface area contributed by atoms with Gasteiger partial charge < -0.3 is 19.0 Å². The molecule has 184 valence electrons. The van der Waals surface area contributed by atoms with E-state index in [9.17, 15) is 9.90 Å². The van der Waals surface area contributed by atoms with Crippen LogP contribution >= 0.6 is 11.8 Å². The number of benzene rings is 2. The van der Waals surface area contributed by atoms with Crippen molar-refractivity contribution in [3.8, 4) is 17.2 Å². The van der Waals surface area contributed by atoms with Gasteiger partial charge >= 0.3 is 0 Å². The number of hydrogen-bond donors (Lipinski definition) is 1. The average molecular weight is 504 g/mol. The maximum absolute atomic E-state index is 13.2. The van der Waals surface area contributed by atoms with Gasteiger partial charge in [-0.25, -0.2) is 0 Å². The second-order valence-corrected chi connectivity index (χ2v) is 8.79. The number of hydrogen-bond acceptors (Lipinski definition) is 8. The average Bonchev–Trinajstić information content (AvgIpc) is 3.49. The number of carbonyl (C=O) groups excluding carboxylic acids is 1. The van der Waals surface area contributed by atoms with Crippen molar-refractivity contribution < 1.29 is 23.8 Å². The van der Waals surface area contributed by atoms with Crippen LogP contribution in [0.15, 0.2) is 92.0 Å². The van der Waals surface area contributed by atoms with Crippen LogP contribution in [0.3, 0.4) is 0 Å². The molecular formula is C27H25N3O5S. The normalized spacial score (nSPS) is 16.5. The summed E-state index contributed by atoms with van der Waals surface area (Å²) < 4.78 is 15.8. The van der Waals surface area contributed by atoms with Crippen molar-refractivity contribution in [2.24, 2.45) is 10.2 Å². The van der Waals surface area contributed by atoms with Gasteiger partial charge in [0.05, 0.1) is 38.1 Å². The lowest BCUT2D eigenvalue weighted by Gasteiger charge is -2.12. The molecule has 0 saturated carbocycles. The SMILES string of the molecule is COc1cc(/C=N\N=C2\S/C(=C\C(C)=C\c3ccccc3)C(=O)N2Cc2ccco2)cc(OC)c1O. The first-order chi connectivity index (χ1) is 17.5. The first-order valence-electron chi connectivity index (χ1n) is 11.0. The Morgan fingerprint density at radius 1 is 1.08 bits per heavy atom. The van der Waals surface area contributed by atoms with E-state index in [1.165, 1.54) is 37.1 Å². The molecule has 0 atom stereocenters. The summed E-state index contributed by atoms with van der Waals surface area (Å²) in [5.74, 6) is 0.850. The van der Waals surface area contributed by atoms with Crippen molar-refractivity contribution >= 4 is 35.1 Å². The van der Waals surface area contributed by atoms with Gasteiger partial charge in [-0.15, -0.1) is 5.10 Å². The predicted molar refractivity (Wildman–Crippen MR) is 141 cm³/mol. The molecule has 1 N–H and O–H groups in total. The lowest BCUT2D eigenvalue weighted by Crippen LogP contribution is -2.28. The van der Waals surface area contributed by atoms with E-state index in [0.29, 0.717) is 21.4 Å². The number of ether oxygens (including phenoxy) is 2. The third kappa shape index (κ3) is 5.87. The van der Waals surface area contributed by atoms with Crippen molar-refractivity contribution in [3.05, 3.63) is 94.3 Å². The molecule has 1 saturated heterocycles. The minimum atomic E-state index is -0.181. The third-order valence-electron chi connectivity index (χ3n) is 5.19. The maximum atomic E-state index is 13.2. The molecule has 1 aliphatic rings. The summed E-state index contributed by atoms with van der Waals surface area (Å²) in [6, 6.07) is 16.7. The first kappa shape index (κ1) is 24.9. The van der Waals surface area contributed by atoms with Gasteiger partial charge in [0.15, 0.2) is 16.7 Å². The van der Waals surface area contributed by atoms with Gasteiger partial charge in [-0.2, -0.15) is 5.10 Å². The monoisotopic (exact) mass is 503 g/mol. The van der Waals surface area contributed by atoms with Gasteiger partial charge in [0, 0.05) is 5.56 Å². The number of phenols is 1. The van der Waals surface area contributed by atoms with Crippen LogP contribution in [-0.2, 0) is 11.3 Å². The number of aromatic hydroxyl groups is 1. The predicted octanol–water partition coefficient (Wildman–Crippen LogP) is 5.46. The van der Waals surface area contributed by atoms with Crippen LogP contribution in [-0.4, -0.2) is 41.5 Å². The fourth-order valence-electron chi connectivity index (χ4n) is 3.47. The molecule has 9 heteroatoms.